The summed E-state index contributed by atoms with van der Waals surface area (Å²) in [5.41, 5.74) is 4.97. The Morgan fingerprint density at radius 2 is 1.94 bits per heavy atom. The number of aromatic amines is 1. The molecule has 33 heavy (non-hydrogen) atoms. The second-order valence-electron chi connectivity index (χ2n) is 8.29. The summed E-state index contributed by atoms with van der Waals surface area (Å²) in [6, 6.07) is 12.3. The average molecular weight is 444 g/mol. The first-order valence-corrected chi connectivity index (χ1v) is 11.4. The minimum atomic E-state index is 0.670. The van der Waals surface area contributed by atoms with Crippen LogP contribution in [0.4, 0.5) is 17.6 Å². The highest BCUT2D eigenvalue weighted by molar-refractivity contribution is 5.83. The summed E-state index contributed by atoms with van der Waals surface area (Å²) in [6.07, 6.45) is 3.46. The summed E-state index contributed by atoms with van der Waals surface area (Å²) in [7, 11) is 2.02. The third-order valence-corrected chi connectivity index (χ3v) is 5.98. The van der Waals surface area contributed by atoms with Gasteiger partial charge in [-0.15, -0.1) is 0 Å². The van der Waals surface area contributed by atoms with E-state index in [1.807, 2.05) is 31.4 Å². The Balaban J connectivity index is 1.34. The highest BCUT2D eigenvalue weighted by Crippen LogP contribution is 2.25. The number of hydrogen-bond acceptors (Lipinski definition) is 8. The van der Waals surface area contributed by atoms with E-state index in [1.165, 1.54) is 5.56 Å². The molecule has 170 valence electrons. The molecular formula is C24H29N9. The van der Waals surface area contributed by atoms with Crippen molar-refractivity contribution in [1.82, 2.24) is 35.1 Å². The second kappa shape index (κ2) is 9.51. The molecule has 5 rings (SSSR count). The quantitative estimate of drug-likeness (QED) is 0.401. The van der Waals surface area contributed by atoms with Gasteiger partial charge in [-0.3, -0.25) is 4.90 Å². The topological polar surface area (TPSA) is 97.9 Å². The van der Waals surface area contributed by atoms with E-state index in [0.717, 1.165) is 73.2 Å². The van der Waals surface area contributed by atoms with Crippen LogP contribution in [0.2, 0.25) is 0 Å². The molecule has 0 unspecified atom stereocenters. The van der Waals surface area contributed by atoms with Gasteiger partial charge < -0.3 is 20.5 Å². The Hall–Kier alpha value is -3.56. The van der Waals surface area contributed by atoms with E-state index in [0.29, 0.717) is 5.95 Å². The minimum absolute atomic E-state index is 0.670. The number of benzene rings is 1. The molecule has 0 amide bonds. The summed E-state index contributed by atoms with van der Waals surface area (Å²) in [6.45, 7) is 8.14. The Morgan fingerprint density at radius 3 is 2.79 bits per heavy atom. The zero-order valence-corrected chi connectivity index (χ0v) is 19.0. The summed E-state index contributed by atoms with van der Waals surface area (Å²) in [5.74, 6) is 2.36. The van der Waals surface area contributed by atoms with Crippen LogP contribution in [0.5, 0.6) is 0 Å². The molecule has 4 heterocycles. The number of hydrogen-bond donors (Lipinski definition) is 3. The lowest BCUT2D eigenvalue weighted by molar-refractivity contribution is 0.233. The van der Waals surface area contributed by atoms with Crippen molar-refractivity contribution in [3.05, 3.63) is 54.5 Å². The Morgan fingerprint density at radius 1 is 1.06 bits per heavy atom. The molecule has 0 aliphatic carbocycles. The lowest BCUT2D eigenvalue weighted by Gasteiger charge is -2.27. The lowest BCUT2D eigenvalue weighted by atomic mass is 10.1. The van der Waals surface area contributed by atoms with E-state index in [1.54, 1.807) is 6.33 Å². The van der Waals surface area contributed by atoms with E-state index >= 15 is 0 Å². The first-order chi connectivity index (χ1) is 16.2. The van der Waals surface area contributed by atoms with Gasteiger partial charge >= 0.3 is 0 Å². The molecule has 1 aromatic carbocycles. The molecule has 3 N–H and O–H groups in total. The maximum Gasteiger partial charge on any atom is 0.206 e. The van der Waals surface area contributed by atoms with Crippen LogP contribution in [-0.2, 0) is 6.54 Å². The molecule has 0 bridgehead atoms. The minimum Gasteiger partial charge on any atom is -0.360 e. The molecule has 0 radical (unpaired) electrons. The molecule has 3 aromatic heterocycles. The van der Waals surface area contributed by atoms with Crippen molar-refractivity contribution in [3.63, 3.8) is 0 Å². The van der Waals surface area contributed by atoms with Crippen LogP contribution in [0.15, 0.2) is 48.9 Å². The number of anilines is 3. The van der Waals surface area contributed by atoms with Gasteiger partial charge in [0.25, 0.3) is 0 Å². The van der Waals surface area contributed by atoms with E-state index in [2.05, 4.69) is 70.5 Å². The summed E-state index contributed by atoms with van der Waals surface area (Å²) >= 11 is 0. The molecule has 0 saturated carbocycles. The molecule has 0 atom stereocenters. The second-order valence-corrected chi connectivity index (χ2v) is 8.29. The van der Waals surface area contributed by atoms with Gasteiger partial charge in [0.1, 0.15) is 18.0 Å². The van der Waals surface area contributed by atoms with Crippen molar-refractivity contribution >= 4 is 28.6 Å². The van der Waals surface area contributed by atoms with Gasteiger partial charge in [-0.25, -0.2) is 19.9 Å². The number of nitrogens with one attached hydrogen (secondary N) is 3. The van der Waals surface area contributed by atoms with Gasteiger partial charge in [0.15, 0.2) is 0 Å². The van der Waals surface area contributed by atoms with Crippen LogP contribution in [0.1, 0.15) is 12.5 Å². The number of piperazine rings is 1. The van der Waals surface area contributed by atoms with Crippen LogP contribution >= 0.6 is 0 Å². The molecule has 0 spiro atoms. The first-order valence-electron chi connectivity index (χ1n) is 11.4. The van der Waals surface area contributed by atoms with Gasteiger partial charge in [-0.2, -0.15) is 0 Å². The summed E-state index contributed by atoms with van der Waals surface area (Å²) < 4.78 is 0. The SMILES string of the molecule is CCN(C)c1cc(-c2ccc3nc(Nc4cc(CN5CCNCC5)ccn4)[nH]c3c2)ncn1. The molecule has 1 aliphatic rings. The predicted octanol–water partition coefficient (Wildman–Crippen LogP) is 3.02. The fourth-order valence-electron chi connectivity index (χ4n) is 3.99. The molecule has 1 saturated heterocycles. The fourth-order valence-corrected chi connectivity index (χ4v) is 3.99. The van der Waals surface area contributed by atoms with Crippen molar-refractivity contribution in [2.24, 2.45) is 0 Å². The lowest BCUT2D eigenvalue weighted by Crippen LogP contribution is -2.42. The van der Waals surface area contributed by atoms with E-state index in [9.17, 15) is 0 Å². The highest BCUT2D eigenvalue weighted by atomic mass is 15.2. The summed E-state index contributed by atoms with van der Waals surface area (Å²) in [4.78, 5) is 25.9. The normalized spacial score (nSPS) is 14.5. The fraction of sp³-hybridized carbons (Fsp3) is 0.333. The van der Waals surface area contributed by atoms with Gasteiger partial charge in [0.05, 0.1) is 16.7 Å². The monoisotopic (exact) mass is 443 g/mol. The number of fused-ring (bicyclic) bond motifs is 1. The number of aromatic nitrogens is 5. The van der Waals surface area contributed by atoms with Gasteiger partial charge in [-0.05, 0) is 36.8 Å². The van der Waals surface area contributed by atoms with Gasteiger partial charge in [0.2, 0.25) is 5.95 Å². The molecule has 1 fully saturated rings. The van der Waals surface area contributed by atoms with E-state index in [-0.39, 0.29) is 0 Å². The predicted molar refractivity (Wildman–Crippen MR) is 132 cm³/mol. The molecular weight excluding hydrogens is 414 g/mol. The van der Waals surface area contributed by atoms with Crippen LogP contribution in [-0.4, -0.2) is 69.6 Å². The van der Waals surface area contributed by atoms with Crippen LogP contribution in [0.3, 0.4) is 0 Å². The number of pyridine rings is 1. The van der Waals surface area contributed by atoms with Crippen molar-refractivity contribution in [3.8, 4) is 11.3 Å². The van der Waals surface area contributed by atoms with Crippen LogP contribution < -0.4 is 15.5 Å². The van der Waals surface area contributed by atoms with Gasteiger partial charge in [0, 0.05) is 64.1 Å². The number of imidazole rings is 1. The first kappa shape index (κ1) is 21.3. The van der Waals surface area contributed by atoms with Crippen molar-refractivity contribution in [2.45, 2.75) is 13.5 Å². The Bertz CT molecular complexity index is 1230. The average Bonchev–Trinajstić information content (AvgIpc) is 3.26. The maximum atomic E-state index is 4.68. The number of nitrogens with zero attached hydrogens (tertiary/aromatic N) is 6. The smallest absolute Gasteiger partial charge is 0.206 e. The third kappa shape index (κ3) is 4.94. The summed E-state index contributed by atoms with van der Waals surface area (Å²) in [5, 5.41) is 6.71. The van der Waals surface area contributed by atoms with Crippen LogP contribution in [0, 0.1) is 0 Å². The Labute approximate surface area is 193 Å². The van der Waals surface area contributed by atoms with Crippen LogP contribution in [0.25, 0.3) is 22.3 Å². The van der Waals surface area contributed by atoms with E-state index in [4.69, 9.17) is 0 Å². The van der Waals surface area contributed by atoms with Gasteiger partial charge in [-0.1, -0.05) is 6.07 Å². The standard InChI is InChI=1S/C24H29N9/c1-3-32(2)23-14-20(27-16-28-23)18-4-5-19-21(13-18)30-24(29-19)31-22-12-17(6-7-26-22)15-33-10-8-25-9-11-33/h4-7,12-14,16,25H,3,8-11,15H2,1-2H3,(H2,26,29,30,31). The zero-order valence-electron chi connectivity index (χ0n) is 19.0. The maximum absolute atomic E-state index is 4.68. The Kier molecular flexibility index (Phi) is 6.14. The van der Waals surface area contributed by atoms with Crippen molar-refractivity contribution < 1.29 is 0 Å². The van der Waals surface area contributed by atoms with E-state index < -0.39 is 0 Å². The number of H-pyrrole nitrogens is 1. The van der Waals surface area contributed by atoms with Crippen molar-refractivity contribution in [1.29, 1.82) is 0 Å². The third-order valence-electron chi connectivity index (χ3n) is 5.98. The molecule has 9 nitrogen and oxygen atoms in total. The van der Waals surface area contributed by atoms with Crippen molar-refractivity contribution in [2.75, 3.05) is 50.0 Å². The zero-order chi connectivity index (χ0) is 22.6. The largest absolute Gasteiger partial charge is 0.360 e. The molecule has 1 aliphatic heterocycles. The number of rotatable bonds is 7. The highest BCUT2D eigenvalue weighted by Gasteiger charge is 2.12. The molecule has 4 aromatic rings. The molecule has 9 heteroatoms.